The van der Waals surface area contributed by atoms with Crippen LogP contribution in [0.15, 0.2) is 36.7 Å². The van der Waals surface area contributed by atoms with Crippen molar-refractivity contribution < 1.29 is 17.9 Å². The van der Waals surface area contributed by atoms with Gasteiger partial charge in [0.1, 0.15) is 5.54 Å². The fourth-order valence-corrected chi connectivity index (χ4v) is 7.99. The minimum Gasteiger partial charge on any atom is -0.494 e. The zero-order chi connectivity index (χ0) is 28.6. The van der Waals surface area contributed by atoms with Gasteiger partial charge >= 0.3 is 0 Å². The van der Waals surface area contributed by atoms with Crippen LogP contribution in [0, 0.1) is 17.2 Å². The maximum Gasteiger partial charge on any atom is 0.225 e. The van der Waals surface area contributed by atoms with Crippen LogP contribution in [-0.4, -0.2) is 66.5 Å². The maximum absolute atomic E-state index is 13.5. The molecule has 1 aromatic carbocycles. The molecule has 1 N–H and O–H groups in total. The standard InChI is InChI=1S/C29H32N6O4S2/c1-39-21-16-31-26(32-17-21)28-33-24(22-4-2-3-5-23(22)27(36)34-29(18-30)10-11-29)25(40-28)19-6-8-20(9-7-19)35-12-14-41(37,38)15-13-35/h6-9,16-17,22-23H,2-5,10-15H2,1H3,(H,34,36)/t22-,23-/m1/s1. The quantitative estimate of drug-likeness (QED) is 0.432. The largest absolute Gasteiger partial charge is 0.494 e. The van der Waals surface area contributed by atoms with E-state index in [-0.39, 0.29) is 29.2 Å². The number of aromatic nitrogens is 3. The predicted molar refractivity (Wildman–Crippen MR) is 156 cm³/mol. The highest BCUT2D eigenvalue weighted by molar-refractivity contribution is 7.91. The van der Waals surface area contributed by atoms with Crippen LogP contribution >= 0.6 is 11.3 Å². The molecule has 6 rings (SSSR count). The highest BCUT2D eigenvalue weighted by atomic mass is 32.2. The summed E-state index contributed by atoms with van der Waals surface area (Å²) in [6.07, 6.45) is 8.17. The molecule has 0 radical (unpaired) electrons. The van der Waals surface area contributed by atoms with Gasteiger partial charge in [0.05, 0.1) is 47.6 Å². The van der Waals surface area contributed by atoms with Crippen molar-refractivity contribution in [3.8, 4) is 33.1 Å². The SMILES string of the molecule is COc1cnc(-c2nc([C@@H]3CCCC[C@H]3C(=O)NC3(C#N)CC3)c(-c3ccc(N4CCS(=O)(=O)CC4)cc3)s2)nc1. The average Bonchev–Trinajstić information content (AvgIpc) is 3.63. The summed E-state index contributed by atoms with van der Waals surface area (Å²) in [5.41, 5.74) is 2.11. The van der Waals surface area contributed by atoms with E-state index >= 15 is 0 Å². The van der Waals surface area contributed by atoms with Crippen molar-refractivity contribution in [3.05, 3.63) is 42.4 Å². The summed E-state index contributed by atoms with van der Waals surface area (Å²) in [6, 6.07) is 10.4. The Labute approximate surface area is 243 Å². The molecule has 10 nitrogen and oxygen atoms in total. The van der Waals surface area contributed by atoms with Crippen LogP contribution in [-0.2, 0) is 14.6 Å². The lowest BCUT2D eigenvalue weighted by atomic mass is 9.76. The Balaban J connectivity index is 1.35. The van der Waals surface area contributed by atoms with Crippen molar-refractivity contribution in [1.29, 1.82) is 5.26 Å². The van der Waals surface area contributed by atoms with E-state index < -0.39 is 15.4 Å². The molecule has 2 atom stereocenters. The number of amides is 1. The molecule has 1 aliphatic heterocycles. The number of anilines is 1. The first-order valence-electron chi connectivity index (χ1n) is 14.0. The minimum absolute atomic E-state index is 0.0645. The third kappa shape index (κ3) is 5.78. The number of benzene rings is 1. The van der Waals surface area contributed by atoms with Gasteiger partial charge in [0.25, 0.3) is 0 Å². The van der Waals surface area contributed by atoms with Crippen LogP contribution in [0.4, 0.5) is 5.69 Å². The normalized spacial score (nSPS) is 22.9. The van der Waals surface area contributed by atoms with Gasteiger partial charge in [-0.05, 0) is 43.4 Å². The summed E-state index contributed by atoms with van der Waals surface area (Å²) in [6.45, 7) is 0.963. The van der Waals surface area contributed by atoms with Crippen LogP contribution < -0.4 is 15.0 Å². The number of nitrogens with zero attached hydrogens (tertiary/aromatic N) is 5. The lowest BCUT2D eigenvalue weighted by molar-refractivity contribution is -0.127. The molecule has 3 fully saturated rings. The molecule has 41 heavy (non-hydrogen) atoms. The number of ether oxygens (including phenoxy) is 1. The number of thiazole rings is 1. The molecule has 3 aliphatic rings. The van der Waals surface area contributed by atoms with Gasteiger partial charge < -0.3 is 15.0 Å². The molecule has 0 spiro atoms. The van der Waals surface area contributed by atoms with E-state index in [9.17, 15) is 18.5 Å². The van der Waals surface area contributed by atoms with E-state index in [0.29, 0.717) is 42.5 Å². The molecule has 0 unspecified atom stereocenters. The van der Waals surface area contributed by atoms with Crippen molar-refractivity contribution >= 4 is 32.8 Å². The van der Waals surface area contributed by atoms with Crippen LogP contribution in [0.3, 0.4) is 0 Å². The number of methoxy groups -OCH3 is 1. The fraction of sp³-hybridized carbons (Fsp3) is 0.483. The van der Waals surface area contributed by atoms with Crippen LogP contribution in [0.5, 0.6) is 5.75 Å². The molecule has 214 valence electrons. The van der Waals surface area contributed by atoms with Crippen molar-refractivity contribution in [2.75, 3.05) is 36.6 Å². The van der Waals surface area contributed by atoms with E-state index in [4.69, 9.17) is 9.72 Å². The van der Waals surface area contributed by atoms with Crippen molar-refractivity contribution in [1.82, 2.24) is 20.3 Å². The Morgan fingerprint density at radius 3 is 2.44 bits per heavy atom. The van der Waals surface area contributed by atoms with Crippen LogP contribution in [0.1, 0.15) is 50.1 Å². The second-order valence-electron chi connectivity index (χ2n) is 11.0. The number of hydrogen-bond donors (Lipinski definition) is 1. The molecule has 2 aliphatic carbocycles. The monoisotopic (exact) mass is 592 g/mol. The third-order valence-corrected chi connectivity index (χ3v) is 11.1. The molecule has 0 bridgehead atoms. The second kappa shape index (κ2) is 11.0. The van der Waals surface area contributed by atoms with Gasteiger partial charge in [-0.25, -0.2) is 23.4 Å². The number of carbonyl (C=O) groups excluding carboxylic acids is 1. The Morgan fingerprint density at radius 2 is 1.80 bits per heavy atom. The zero-order valence-electron chi connectivity index (χ0n) is 22.9. The molecule has 12 heteroatoms. The molecule has 1 saturated heterocycles. The topological polar surface area (TPSA) is 138 Å². The lowest BCUT2D eigenvalue weighted by Gasteiger charge is -2.31. The third-order valence-electron chi connectivity index (χ3n) is 8.33. The zero-order valence-corrected chi connectivity index (χ0v) is 24.5. The summed E-state index contributed by atoms with van der Waals surface area (Å²) in [5.74, 6) is 0.951. The fourth-order valence-electron chi connectivity index (χ4n) is 5.70. The summed E-state index contributed by atoms with van der Waals surface area (Å²) in [5, 5.41) is 13.3. The first-order valence-corrected chi connectivity index (χ1v) is 16.6. The van der Waals surface area contributed by atoms with Gasteiger partial charge in [0, 0.05) is 30.6 Å². The molecular formula is C29H32N6O4S2. The molecule has 1 amide bonds. The summed E-state index contributed by atoms with van der Waals surface area (Å²) in [4.78, 5) is 30.5. The molecule has 3 aromatic rings. The van der Waals surface area contributed by atoms with Gasteiger partial charge in [0.2, 0.25) is 5.91 Å². The first kappa shape index (κ1) is 27.6. The molecular weight excluding hydrogens is 560 g/mol. The number of hydrogen-bond acceptors (Lipinski definition) is 10. The van der Waals surface area contributed by atoms with Gasteiger partial charge in [-0.3, -0.25) is 4.79 Å². The molecule has 2 aromatic heterocycles. The summed E-state index contributed by atoms with van der Waals surface area (Å²) in [7, 11) is -1.39. The maximum atomic E-state index is 13.5. The number of nitriles is 1. The van der Waals surface area contributed by atoms with Gasteiger partial charge in [-0.1, -0.05) is 25.0 Å². The van der Waals surface area contributed by atoms with E-state index in [0.717, 1.165) is 47.5 Å². The molecule has 2 saturated carbocycles. The van der Waals surface area contributed by atoms with Crippen molar-refractivity contribution in [2.45, 2.75) is 50.0 Å². The second-order valence-corrected chi connectivity index (χ2v) is 14.3. The van der Waals surface area contributed by atoms with Gasteiger partial charge in [-0.15, -0.1) is 11.3 Å². The Kier molecular flexibility index (Phi) is 7.42. The molecule has 3 heterocycles. The Morgan fingerprint density at radius 1 is 1.12 bits per heavy atom. The van der Waals surface area contributed by atoms with E-state index in [1.807, 2.05) is 24.3 Å². The van der Waals surface area contributed by atoms with E-state index in [1.54, 1.807) is 19.5 Å². The number of nitrogens with one attached hydrogen (secondary N) is 1. The highest BCUT2D eigenvalue weighted by Crippen LogP contribution is 2.46. The van der Waals surface area contributed by atoms with Crippen LogP contribution in [0.2, 0.25) is 0 Å². The number of carbonyl (C=O) groups is 1. The van der Waals surface area contributed by atoms with Crippen molar-refractivity contribution in [3.63, 3.8) is 0 Å². The van der Waals surface area contributed by atoms with Gasteiger partial charge in [-0.2, -0.15) is 5.26 Å². The smallest absolute Gasteiger partial charge is 0.225 e. The summed E-state index contributed by atoms with van der Waals surface area (Å²) < 4.78 is 29.0. The Hall–Kier alpha value is -3.56. The predicted octanol–water partition coefficient (Wildman–Crippen LogP) is 3.96. The Bertz CT molecular complexity index is 1560. The number of rotatable bonds is 7. The van der Waals surface area contributed by atoms with Gasteiger partial charge in [0.15, 0.2) is 26.4 Å². The average molecular weight is 593 g/mol. The minimum atomic E-state index is -2.96. The summed E-state index contributed by atoms with van der Waals surface area (Å²) >= 11 is 1.50. The van der Waals surface area contributed by atoms with Crippen molar-refractivity contribution in [2.24, 2.45) is 5.92 Å². The van der Waals surface area contributed by atoms with E-state index in [2.05, 4.69) is 26.3 Å². The van der Waals surface area contributed by atoms with E-state index in [1.165, 1.54) is 11.3 Å². The highest BCUT2D eigenvalue weighted by Gasteiger charge is 2.47. The first-order chi connectivity index (χ1) is 19.8. The number of sulfone groups is 1. The van der Waals surface area contributed by atoms with Crippen LogP contribution in [0.25, 0.3) is 21.3 Å². The lowest BCUT2D eigenvalue weighted by Crippen LogP contribution is -2.42.